The highest BCUT2D eigenvalue weighted by atomic mass is 32.2. The number of nitriles is 1. The molecule has 0 bridgehead atoms. The van der Waals surface area contributed by atoms with Crippen LogP contribution in [-0.2, 0) is 29.5 Å². The summed E-state index contributed by atoms with van der Waals surface area (Å²) in [6.07, 6.45) is 7.45. The van der Waals surface area contributed by atoms with Crippen molar-refractivity contribution in [1.82, 2.24) is 14.3 Å². The Morgan fingerprint density at radius 1 is 1.12 bits per heavy atom. The molecule has 1 saturated carbocycles. The summed E-state index contributed by atoms with van der Waals surface area (Å²) in [7, 11) is -3.50. The summed E-state index contributed by atoms with van der Waals surface area (Å²) in [5, 5.41) is 9.19. The number of hydrogen-bond donors (Lipinski definition) is 1. The summed E-state index contributed by atoms with van der Waals surface area (Å²) in [6, 6.07) is 17.7. The van der Waals surface area contributed by atoms with Crippen molar-refractivity contribution in [2.24, 2.45) is 0 Å². The average Bonchev–Trinajstić information content (AvgIpc) is 3.55. The summed E-state index contributed by atoms with van der Waals surface area (Å²) < 4.78 is 29.6. The fourth-order valence-corrected chi connectivity index (χ4v) is 7.47. The van der Waals surface area contributed by atoms with E-state index in [0.717, 1.165) is 48.2 Å². The Morgan fingerprint density at radius 3 is 2.62 bits per heavy atom. The second kappa shape index (κ2) is 9.61. The Hall–Kier alpha value is -3.15. The SMILES string of the molecule is N#Cc1ccc2c(c1)CN(S(=O)(=O)C1CCCC1)[C@H](Cc1ccccc1)CN2Cc1cnc[nH]1. The van der Waals surface area contributed by atoms with Crippen LogP contribution in [0.25, 0.3) is 0 Å². The minimum Gasteiger partial charge on any atom is -0.364 e. The Balaban J connectivity index is 1.59. The number of nitrogens with zero attached hydrogens (tertiary/aromatic N) is 4. The molecule has 34 heavy (non-hydrogen) atoms. The largest absolute Gasteiger partial charge is 0.364 e. The standard InChI is InChI=1S/C26H29N5O2S/c27-14-21-10-11-26-22(12-21)16-31(34(32,33)25-8-4-5-9-25)24(13-20-6-2-1-3-7-20)18-30(26)17-23-15-28-19-29-23/h1-3,6-7,10-12,15,19,24-25H,4-5,8-9,13,16-18H2,(H,28,29)/t24-/m1/s1. The maximum atomic E-state index is 14.0. The fraction of sp³-hybridized carbons (Fsp3) is 0.385. The lowest BCUT2D eigenvalue weighted by Crippen LogP contribution is -2.48. The maximum absolute atomic E-state index is 14.0. The van der Waals surface area contributed by atoms with E-state index in [-0.39, 0.29) is 17.8 Å². The first kappa shape index (κ1) is 22.6. The Labute approximate surface area is 201 Å². The molecule has 176 valence electrons. The molecular formula is C26H29N5O2S. The van der Waals surface area contributed by atoms with Crippen LogP contribution < -0.4 is 4.90 Å². The molecule has 2 aromatic carbocycles. The Bertz CT molecular complexity index is 1260. The molecule has 3 aromatic rings. The van der Waals surface area contributed by atoms with Gasteiger partial charge in [-0.25, -0.2) is 13.4 Å². The zero-order chi connectivity index (χ0) is 23.5. The van der Waals surface area contributed by atoms with Gasteiger partial charge in [0.2, 0.25) is 10.0 Å². The molecule has 1 aliphatic heterocycles. The summed E-state index contributed by atoms with van der Waals surface area (Å²) in [4.78, 5) is 9.55. The lowest BCUT2D eigenvalue weighted by molar-refractivity contribution is 0.313. The molecule has 1 N–H and O–H groups in total. The van der Waals surface area contributed by atoms with Crippen molar-refractivity contribution in [2.75, 3.05) is 11.4 Å². The van der Waals surface area contributed by atoms with Gasteiger partial charge in [-0.3, -0.25) is 0 Å². The maximum Gasteiger partial charge on any atom is 0.217 e. The number of H-pyrrole nitrogens is 1. The number of imidazole rings is 1. The molecule has 2 aliphatic rings. The third kappa shape index (κ3) is 4.59. The molecule has 0 radical (unpaired) electrons. The first-order valence-corrected chi connectivity index (χ1v) is 13.3. The average molecular weight is 476 g/mol. The third-order valence-electron chi connectivity index (χ3n) is 6.99. The summed E-state index contributed by atoms with van der Waals surface area (Å²) >= 11 is 0. The highest BCUT2D eigenvalue weighted by Crippen LogP contribution is 2.35. The molecule has 0 amide bonds. The van der Waals surface area contributed by atoms with E-state index in [9.17, 15) is 13.7 Å². The van der Waals surface area contributed by atoms with Crippen LogP contribution in [0.5, 0.6) is 0 Å². The molecular weight excluding hydrogens is 446 g/mol. The van der Waals surface area contributed by atoms with Crippen LogP contribution in [0.1, 0.15) is 48.1 Å². The summed E-state index contributed by atoms with van der Waals surface area (Å²) in [5.41, 5.74) is 4.46. The Morgan fingerprint density at radius 2 is 1.91 bits per heavy atom. The molecule has 7 nitrogen and oxygen atoms in total. The molecule has 1 atom stereocenters. The van der Waals surface area contributed by atoms with Gasteiger partial charge >= 0.3 is 0 Å². The molecule has 0 spiro atoms. The van der Waals surface area contributed by atoms with Gasteiger partial charge in [-0.15, -0.1) is 0 Å². The summed E-state index contributed by atoms with van der Waals surface area (Å²) in [6.45, 7) is 1.42. The number of nitrogens with one attached hydrogen (secondary N) is 1. The second-order valence-electron chi connectivity index (χ2n) is 9.25. The van der Waals surface area contributed by atoms with Crippen LogP contribution in [0.4, 0.5) is 5.69 Å². The molecule has 1 aromatic heterocycles. The van der Waals surface area contributed by atoms with Crippen LogP contribution in [0, 0.1) is 11.3 Å². The third-order valence-corrected chi connectivity index (χ3v) is 9.39. The van der Waals surface area contributed by atoms with Crippen molar-refractivity contribution in [1.29, 1.82) is 5.26 Å². The van der Waals surface area contributed by atoms with Crippen molar-refractivity contribution < 1.29 is 8.42 Å². The van der Waals surface area contributed by atoms with Crippen molar-refractivity contribution in [2.45, 2.75) is 56.5 Å². The van der Waals surface area contributed by atoms with Gasteiger partial charge in [-0.1, -0.05) is 43.2 Å². The molecule has 8 heteroatoms. The monoisotopic (exact) mass is 475 g/mol. The van der Waals surface area contributed by atoms with Gasteiger partial charge in [0.25, 0.3) is 0 Å². The predicted octanol–water partition coefficient (Wildman–Crippen LogP) is 3.99. The van der Waals surface area contributed by atoms with E-state index in [0.29, 0.717) is 25.1 Å². The van der Waals surface area contributed by atoms with Crippen LogP contribution in [0.3, 0.4) is 0 Å². The van der Waals surface area contributed by atoms with E-state index in [1.807, 2.05) is 36.4 Å². The fourth-order valence-electron chi connectivity index (χ4n) is 5.29. The topological polar surface area (TPSA) is 93.1 Å². The number of aromatic nitrogens is 2. The minimum atomic E-state index is -3.50. The number of benzene rings is 2. The number of anilines is 1. The van der Waals surface area contributed by atoms with E-state index in [2.05, 4.69) is 33.1 Å². The quantitative estimate of drug-likeness (QED) is 0.582. The normalized spacial score (nSPS) is 19.5. The molecule has 0 saturated heterocycles. The van der Waals surface area contributed by atoms with Gasteiger partial charge in [0.05, 0.1) is 35.4 Å². The van der Waals surface area contributed by atoms with E-state index >= 15 is 0 Å². The Kier molecular flexibility index (Phi) is 6.40. The van der Waals surface area contributed by atoms with E-state index in [1.165, 1.54) is 0 Å². The second-order valence-corrected chi connectivity index (χ2v) is 11.4. The first-order chi connectivity index (χ1) is 16.5. The zero-order valence-electron chi connectivity index (χ0n) is 19.1. The van der Waals surface area contributed by atoms with Gasteiger partial charge < -0.3 is 9.88 Å². The van der Waals surface area contributed by atoms with Crippen molar-refractivity contribution >= 4 is 15.7 Å². The van der Waals surface area contributed by atoms with Gasteiger partial charge in [-0.05, 0) is 48.6 Å². The number of hydrogen-bond acceptors (Lipinski definition) is 5. The van der Waals surface area contributed by atoms with Crippen LogP contribution in [0.15, 0.2) is 61.1 Å². The van der Waals surface area contributed by atoms with Crippen molar-refractivity contribution in [3.8, 4) is 6.07 Å². The molecule has 2 heterocycles. The van der Waals surface area contributed by atoms with Crippen LogP contribution in [0.2, 0.25) is 0 Å². The molecule has 5 rings (SSSR count). The number of rotatable bonds is 6. The lowest BCUT2D eigenvalue weighted by atomic mass is 10.1. The van der Waals surface area contributed by atoms with Gasteiger partial charge in [-0.2, -0.15) is 9.57 Å². The van der Waals surface area contributed by atoms with E-state index < -0.39 is 10.0 Å². The highest BCUT2D eigenvalue weighted by Gasteiger charge is 2.40. The number of aromatic amines is 1. The number of fused-ring (bicyclic) bond motifs is 1. The van der Waals surface area contributed by atoms with Gasteiger partial charge in [0, 0.05) is 31.0 Å². The minimum absolute atomic E-state index is 0.228. The van der Waals surface area contributed by atoms with E-state index in [1.54, 1.807) is 16.8 Å². The molecule has 1 aliphatic carbocycles. The van der Waals surface area contributed by atoms with Gasteiger partial charge in [0.15, 0.2) is 0 Å². The van der Waals surface area contributed by atoms with Gasteiger partial charge in [0.1, 0.15) is 0 Å². The first-order valence-electron chi connectivity index (χ1n) is 11.8. The van der Waals surface area contributed by atoms with E-state index in [4.69, 9.17) is 0 Å². The zero-order valence-corrected chi connectivity index (χ0v) is 19.9. The van der Waals surface area contributed by atoms with Crippen LogP contribution >= 0.6 is 0 Å². The highest BCUT2D eigenvalue weighted by molar-refractivity contribution is 7.89. The molecule has 0 unspecified atom stereocenters. The predicted molar refractivity (Wildman–Crippen MR) is 131 cm³/mol. The smallest absolute Gasteiger partial charge is 0.217 e. The number of sulfonamides is 1. The van der Waals surface area contributed by atoms with Crippen LogP contribution in [-0.4, -0.2) is 40.5 Å². The van der Waals surface area contributed by atoms with Crippen molar-refractivity contribution in [3.05, 3.63) is 83.4 Å². The lowest BCUT2D eigenvalue weighted by Gasteiger charge is -2.33. The molecule has 1 fully saturated rings. The summed E-state index contributed by atoms with van der Waals surface area (Å²) in [5.74, 6) is 0. The van der Waals surface area contributed by atoms with Crippen molar-refractivity contribution in [3.63, 3.8) is 0 Å².